The minimum Gasteiger partial charge on any atom is -0.348 e. The Labute approximate surface area is 149 Å². The summed E-state index contributed by atoms with van der Waals surface area (Å²) in [5.41, 5.74) is 2.53. The minimum absolute atomic E-state index is 0.126. The summed E-state index contributed by atoms with van der Waals surface area (Å²) in [5.74, 6) is 0.499. The average molecular weight is 382 g/mol. The second-order valence-corrected chi connectivity index (χ2v) is 6.15. The molecule has 0 atom stereocenters. The first kappa shape index (κ1) is 16.2. The van der Waals surface area contributed by atoms with Crippen LogP contribution < -0.4 is 10.6 Å². The Balaban J connectivity index is 1.67. The lowest BCUT2D eigenvalue weighted by molar-refractivity contribution is 0.0951. The number of carbonyl (C=O) groups excluding carboxylic acids is 1. The highest BCUT2D eigenvalue weighted by Crippen LogP contribution is 2.19. The molecule has 3 rings (SSSR count). The number of amides is 1. The molecule has 5 heteroatoms. The van der Waals surface area contributed by atoms with E-state index in [0.29, 0.717) is 17.9 Å². The molecule has 0 saturated heterocycles. The summed E-state index contributed by atoms with van der Waals surface area (Å²) >= 11 is 3.43. The van der Waals surface area contributed by atoms with Crippen molar-refractivity contribution in [3.8, 4) is 0 Å². The van der Waals surface area contributed by atoms with Gasteiger partial charge in [-0.2, -0.15) is 0 Å². The Hall–Kier alpha value is -2.66. The summed E-state index contributed by atoms with van der Waals surface area (Å²) in [6.07, 6.45) is 1.62. The van der Waals surface area contributed by atoms with Crippen molar-refractivity contribution in [3.05, 3.63) is 88.5 Å². The van der Waals surface area contributed by atoms with E-state index in [-0.39, 0.29) is 5.91 Å². The van der Waals surface area contributed by atoms with E-state index in [1.54, 1.807) is 18.3 Å². The van der Waals surface area contributed by atoms with Crippen molar-refractivity contribution in [3.63, 3.8) is 0 Å². The fourth-order valence-electron chi connectivity index (χ4n) is 2.23. The lowest BCUT2D eigenvalue weighted by atomic mass is 10.2. The molecule has 0 unspecified atom stereocenters. The first-order valence-electron chi connectivity index (χ1n) is 7.51. The number of aromatic nitrogens is 1. The predicted molar refractivity (Wildman–Crippen MR) is 99.3 cm³/mol. The smallest absolute Gasteiger partial charge is 0.251 e. The van der Waals surface area contributed by atoms with Gasteiger partial charge in [-0.1, -0.05) is 52.3 Å². The van der Waals surface area contributed by atoms with E-state index in [1.165, 1.54) is 0 Å². The number of benzene rings is 2. The summed E-state index contributed by atoms with van der Waals surface area (Å²) in [4.78, 5) is 16.6. The second kappa shape index (κ2) is 7.75. The molecule has 0 spiro atoms. The molecule has 1 amide bonds. The molecular formula is C19H16BrN3O. The number of hydrogen-bond donors (Lipinski definition) is 2. The van der Waals surface area contributed by atoms with Crippen LogP contribution in [0.4, 0.5) is 11.5 Å². The zero-order valence-electron chi connectivity index (χ0n) is 12.9. The number of hydrogen-bond acceptors (Lipinski definition) is 3. The first-order valence-corrected chi connectivity index (χ1v) is 8.31. The summed E-state index contributed by atoms with van der Waals surface area (Å²) < 4.78 is 0.976. The van der Waals surface area contributed by atoms with Crippen molar-refractivity contribution in [1.29, 1.82) is 0 Å². The monoisotopic (exact) mass is 381 g/mol. The van der Waals surface area contributed by atoms with Gasteiger partial charge >= 0.3 is 0 Å². The molecule has 0 radical (unpaired) electrons. The zero-order chi connectivity index (χ0) is 16.8. The van der Waals surface area contributed by atoms with Crippen molar-refractivity contribution >= 4 is 33.3 Å². The van der Waals surface area contributed by atoms with Crippen LogP contribution in [-0.4, -0.2) is 10.9 Å². The van der Waals surface area contributed by atoms with E-state index in [4.69, 9.17) is 0 Å². The van der Waals surface area contributed by atoms with Crippen LogP contribution in [0.15, 0.2) is 77.4 Å². The molecule has 0 aliphatic rings. The number of anilines is 2. The van der Waals surface area contributed by atoms with E-state index in [0.717, 1.165) is 15.7 Å². The van der Waals surface area contributed by atoms with E-state index in [2.05, 4.69) is 31.5 Å². The van der Waals surface area contributed by atoms with Crippen LogP contribution in [0.3, 0.4) is 0 Å². The van der Waals surface area contributed by atoms with Crippen LogP contribution in [0.2, 0.25) is 0 Å². The van der Waals surface area contributed by atoms with Crippen LogP contribution in [0, 0.1) is 0 Å². The third kappa shape index (κ3) is 4.43. The Kier molecular flexibility index (Phi) is 5.23. The highest BCUT2D eigenvalue weighted by Gasteiger charge is 2.07. The third-order valence-electron chi connectivity index (χ3n) is 3.42. The number of nitrogens with zero attached hydrogens (tertiary/aromatic N) is 1. The summed E-state index contributed by atoms with van der Waals surface area (Å²) in [6, 6.07) is 21.0. The van der Waals surface area contributed by atoms with Crippen molar-refractivity contribution in [1.82, 2.24) is 10.3 Å². The number of carbonyl (C=O) groups is 1. The fraction of sp³-hybridized carbons (Fsp3) is 0.0526. The van der Waals surface area contributed by atoms with Gasteiger partial charge in [0.05, 0.1) is 0 Å². The van der Waals surface area contributed by atoms with Crippen LogP contribution in [0.5, 0.6) is 0 Å². The fourth-order valence-corrected chi connectivity index (χ4v) is 2.63. The number of halogens is 1. The van der Waals surface area contributed by atoms with Gasteiger partial charge < -0.3 is 10.6 Å². The molecule has 1 heterocycles. The number of nitrogens with one attached hydrogen (secondary N) is 2. The van der Waals surface area contributed by atoms with E-state index in [9.17, 15) is 4.79 Å². The van der Waals surface area contributed by atoms with Gasteiger partial charge in [0.2, 0.25) is 0 Å². The molecule has 0 fully saturated rings. The van der Waals surface area contributed by atoms with Crippen molar-refractivity contribution < 1.29 is 4.79 Å². The van der Waals surface area contributed by atoms with E-state index >= 15 is 0 Å². The molecule has 4 nitrogen and oxygen atoms in total. The van der Waals surface area contributed by atoms with Crippen LogP contribution in [0.25, 0.3) is 0 Å². The molecule has 2 N–H and O–H groups in total. The Morgan fingerprint density at radius 2 is 1.83 bits per heavy atom. The van der Waals surface area contributed by atoms with Gasteiger partial charge in [0.1, 0.15) is 5.82 Å². The summed E-state index contributed by atoms with van der Waals surface area (Å²) in [7, 11) is 0. The van der Waals surface area contributed by atoms with Crippen LogP contribution >= 0.6 is 15.9 Å². The van der Waals surface area contributed by atoms with Crippen molar-refractivity contribution in [2.24, 2.45) is 0 Å². The zero-order valence-corrected chi connectivity index (χ0v) is 14.5. The van der Waals surface area contributed by atoms with Crippen LogP contribution in [-0.2, 0) is 6.54 Å². The molecule has 0 aliphatic carbocycles. The number of pyridine rings is 1. The topological polar surface area (TPSA) is 54.0 Å². The van der Waals surface area contributed by atoms with E-state index in [1.807, 2.05) is 54.6 Å². The maximum atomic E-state index is 12.3. The molecule has 120 valence electrons. The summed E-state index contributed by atoms with van der Waals surface area (Å²) in [5, 5.41) is 6.11. The van der Waals surface area contributed by atoms with Crippen LogP contribution in [0.1, 0.15) is 15.9 Å². The van der Waals surface area contributed by atoms with Gasteiger partial charge in [-0.3, -0.25) is 4.79 Å². The maximum Gasteiger partial charge on any atom is 0.251 e. The molecule has 2 aromatic carbocycles. The molecular weight excluding hydrogens is 366 g/mol. The number of rotatable bonds is 5. The second-order valence-electron chi connectivity index (χ2n) is 5.23. The molecule has 3 aromatic rings. The Morgan fingerprint density at radius 3 is 2.62 bits per heavy atom. The van der Waals surface area contributed by atoms with Gasteiger partial charge in [0, 0.05) is 28.5 Å². The van der Waals surface area contributed by atoms with Gasteiger partial charge in [-0.15, -0.1) is 0 Å². The summed E-state index contributed by atoms with van der Waals surface area (Å²) in [6.45, 7) is 0.496. The van der Waals surface area contributed by atoms with Gasteiger partial charge in [0.15, 0.2) is 0 Å². The molecule has 0 bridgehead atoms. The molecule has 24 heavy (non-hydrogen) atoms. The standard InChI is InChI=1S/C19H16BrN3O/c20-16-7-4-8-17(12-16)23-18-11-15(9-10-21-18)19(24)22-13-14-5-2-1-3-6-14/h1-12H,13H2,(H,21,23)(H,22,24). The average Bonchev–Trinajstić information content (AvgIpc) is 2.61. The minimum atomic E-state index is -0.126. The Morgan fingerprint density at radius 1 is 1.00 bits per heavy atom. The largest absolute Gasteiger partial charge is 0.348 e. The van der Waals surface area contributed by atoms with Gasteiger partial charge in [0.25, 0.3) is 5.91 Å². The third-order valence-corrected chi connectivity index (χ3v) is 3.91. The SMILES string of the molecule is O=C(NCc1ccccc1)c1ccnc(Nc2cccc(Br)c2)c1. The highest BCUT2D eigenvalue weighted by atomic mass is 79.9. The lowest BCUT2D eigenvalue weighted by Gasteiger charge is -2.09. The Bertz CT molecular complexity index is 837. The molecule has 0 aliphatic heterocycles. The van der Waals surface area contributed by atoms with Gasteiger partial charge in [-0.25, -0.2) is 4.98 Å². The van der Waals surface area contributed by atoms with E-state index < -0.39 is 0 Å². The normalized spacial score (nSPS) is 10.2. The van der Waals surface area contributed by atoms with Gasteiger partial charge in [-0.05, 0) is 35.9 Å². The predicted octanol–water partition coefficient (Wildman–Crippen LogP) is 4.52. The van der Waals surface area contributed by atoms with Crippen molar-refractivity contribution in [2.45, 2.75) is 6.54 Å². The maximum absolute atomic E-state index is 12.3. The first-order chi connectivity index (χ1) is 11.7. The highest BCUT2D eigenvalue weighted by molar-refractivity contribution is 9.10. The van der Waals surface area contributed by atoms with Crippen molar-refractivity contribution in [2.75, 3.05) is 5.32 Å². The molecule has 1 aromatic heterocycles. The molecule has 0 saturated carbocycles. The lowest BCUT2D eigenvalue weighted by Crippen LogP contribution is -2.22. The quantitative estimate of drug-likeness (QED) is 0.682.